The van der Waals surface area contributed by atoms with Crippen LogP contribution >= 0.6 is 0 Å². The van der Waals surface area contributed by atoms with Crippen molar-refractivity contribution in [3.8, 4) is 45.6 Å². The first kappa shape index (κ1) is 23.8. The summed E-state index contributed by atoms with van der Waals surface area (Å²) in [4.78, 5) is 24.2. The minimum Gasteiger partial charge on any atom is -0.508 e. The summed E-state index contributed by atoms with van der Waals surface area (Å²) in [6.07, 6.45) is 5.44. The van der Waals surface area contributed by atoms with Crippen molar-refractivity contribution in [2.24, 2.45) is 0 Å². The van der Waals surface area contributed by atoms with Crippen molar-refractivity contribution < 1.29 is 39.5 Å². The fourth-order valence-electron chi connectivity index (χ4n) is 3.34. The molecule has 0 aliphatic heterocycles. The molecule has 4 aromatic rings. The highest BCUT2D eigenvalue weighted by atomic mass is 16.4. The molecule has 10 nitrogen and oxygen atoms in total. The zero-order valence-corrected chi connectivity index (χ0v) is 18.2. The Hall–Kier alpha value is -5.38. The van der Waals surface area contributed by atoms with E-state index in [1.165, 1.54) is 48.6 Å². The van der Waals surface area contributed by atoms with Gasteiger partial charge >= 0.3 is 11.3 Å². The van der Waals surface area contributed by atoms with Crippen LogP contribution in [-0.2, 0) is 0 Å². The average Bonchev–Trinajstić information content (AvgIpc) is 2.80. The third-order valence-electron chi connectivity index (χ3n) is 5.01. The van der Waals surface area contributed by atoms with Gasteiger partial charge in [0.2, 0.25) is 0 Å². The molecule has 0 amide bonds. The second kappa shape index (κ2) is 9.47. The Morgan fingerprint density at radius 2 is 1.25 bits per heavy atom. The topological polar surface area (TPSA) is 182 Å². The molecule has 0 saturated heterocycles. The molecule has 6 N–H and O–H groups in total. The third-order valence-corrected chi connectivity index (χ3v) is 5.01. The zero-order valence-electron chi connectivity index (χ0n) is 18.2. The monoisotopic (exact) mass is 490 g/mol. The quantitative estimate of drug-likeness (QED) is 0.225. The highest BCUT2D eigenvalue weighted by molar-refractivity contribution is 5.84. The number of phenolic OH excluding ortho intramolecular Hbond substituents is 4. The summed E-state index contributed by atoms with van der Waals surface area (Å²) < 4.78 is 10.2. The molecule has 0 aliphatic rings. The fraction of sp³-hybridized carbons (Fsp3) is 0. The summed E-state index contributed by atoms with van der Waals surface area (Å²) in [5.41, 5.74) is -1.47. The van der Waals surface area contributed by atoms with Crippen molar-refractivity contribution in [2.45, 2.75) is 0 Å². The van der Waals surface area contributed by atoms with Crippen LogP contribution in [0.1, 0.15) is 22.6 Å². The van der Waals surface area contributed by atoms with Crippen LogP contribution in [0.15, 0.2) is 67.0 Å². The zero-order chi connectivity index (χ0) is 26.0. The molecule has 2 heterocycles. The standard InChI is InChI=1S/C26H18O10/c27-15-9-16(35-24(33)10-15)5-3-14-8-21(30)22(31)12-18(14)25-23(32)11-17(36-26(25)34)4-1-13-2-6-19(28)20(29)7-13/h1-12,27-32H/b4-1+,5-3+. The molecule has 36 heavy (non-hydrogen) atoms. The van der Waals surface area contributed by atoms with Gasteiger partial charge in [0.25, 0.3) is 0 Å². The lowest BCUT2D eigenvalue weighted by molar-refractivity contribution is 0.403. The minimum absolute atomic E-state index is 0.00529. The van der Waals surface area contributed by atoms with Crippen LogP contribution in [0.2, 0.25) is 0 Å². The molecular formula is C26H18O10. The van der Waals surface area contributed by atoms with Gasteiger partial charge in [-0.15, -0.1) is 0 Å². The third kappa shape index (κ3) is 5.07. The molecule has 182 valence electrons. The van der Waals surface area contributed by atoms with Crippen molar-refractivity contribution >= 4 is 24.3 Å². The van der Waals surface area contributed by atoms with Crippen LogP contribution in [0.3, 0.4) is 0 Å². The average molecular weight is 490 g/mol. The van der Waals surface area contributed by atoms with Gasteiger partial charge in [0.05, 0.1) is 6.07 Å². The van der Waals surface area contributed by atoms with Crippen LogP contribution < -0.4 is 11.3 Å². The molecule has 0 radical (unpaired) electrons. The molecule has 10 heteroatoms. The largest absolute Gasteiger partial charge is 0.508 e. The maximum absolute atomic E-state index is 12.8. The van der Waals surface area contributed by atoms with Crippen LogP contribution in [0, 0.1) is 0 Å². The molecule has 2 aromatic heterocycles. The summed E-state index contributed by atoms with van der Waals surface area (Å²) in [5, 5.41) is 59.1. The van der Waals surface area contributed by atoms with E-state index in [2.05, 4.69) is 0 Å². The lowest BCUT2D eigenvalue weighted by Crippen LogP contribution is -2.05. The summed E-state index contributed by atoms with van der Waals surface area (Å²) in [5.74, 6) is -2.61. The van der Waals surface area contributed by atoms with Crippen LogP contribution in [-0.4, -0.2) is 30.6 Å². The number of aromatic hydroxyl groups is 6. The van der Waals surface area contributed by atoms with E-state index < -0.39 is 28.5 Å². The van der Waals surface area contributed by atoms with Gasteiger partial charge in [0.1, 0.15) is 28.6 Å². The maximum atomic E-state index is 12.8. The highest BCUT2D eigenvalue weighted by Gasteiger charge is 2.18. The number of benzene rings is 2. The molecule has 2 aromatic carbocycles. The molecule has 0 aliphatic carbocycles. The van der Waals surface area contributed by atoms with E-state index in [9.17, 15) is 40.2 Å². The second-order valence-electron chi connectivity index (χ2n) is 7.58. The van der Waals surface area contributed by atoms with Crippen molar-refractivity contribution in [2.75, 3.05) is 0 Å². The van der Waals surface area contributed by atoms with Gasteiger partial charge in [-0.3, -0.25) is 0 Å². The van der Waals surface area contributed by atoms with E-state index in [4.69, 9.17) is 8.83 Å². The van der Waals surface area contributed by atoms with Crippen LogP contribution in [0.25, 0.3) is 35.4 Å². The fourth-order valence-corrected chi connectivity index (χ4v) is 3.34. The Morgan fingerprint density at radius 3 is 1.94 bits per heavy atom. The van der Waals surface area contributed by atoms with Gasteiger partial charge in [0, 0.05) is 17.7 Å². The highest BCUT2D eigenvalue weighted by Crippen LogP contribution is 2.38. The first-order valence-corrected chi connectivity index (χ1v) is 10.3. The SMILES string of the molecule is O=c1cc(O)cc(/C=C/c2cc(O)c(O)cc2-c2c(O)cc(/C=C/c3ccc(O)c(O)c3)oc2=O)o1. The van der Waals surface area contributed by atoms with Gasteiger partial charge in [0.15, 0.2) is 23.0 Å². The maximum Gasteiger partial charge on any atom is 0.347 e. The number of hydrogen-bond acceptors (Lipinski definition) is 10. The molecule has 0 fully saturated rings. The minimum atomic E-state index is -0.966. The number of hydrogen-bond donors (Lipinski definition) is 6. The lowest BCUT2D eigenvalue weighted by Gasteiger charge is -2.10. The van der Waals surface area contributed by atoms with E-state index in [1.54, 1.807) is 0 Å². The van der Waals surface area contributed by atoms with Crippen molar-refractivity contribution in [1.82, 2.24) is 0 Å². The Balaban J connectivity index is 1.75. The van der Waals surface area contributed by atoms with Crippen molar-refractivity contribution in [3.63, 3.8) is 0 Å². The predicted molar refractivity (Wildman–Crippen MR) is 130 cm³/mol. The van der Waals surface area contributed by atoms with Gasteiger partial charge in [-0.05, 0) is 47.5 Å². The van der Waals surface area contributed by atoms with E-state index in [0.29, 0.717) is 5.56 Å². The summed E-state index contributed by atoms with van der Waals surface area (Å²) in [6, 6.07) is 9.42. The molecule has 0 bridgehead atoms. The summed E-state index contributed by atoms with van der Waals surface area (Å²) in [7, 11) is 0. The van der Waals surface area contributed by atoms with E-state index in [1.807, 2.05) is 0 Å². The Kier molecular flexibility index (Phi) is 6.25. The molecule has 0 unspecified atom stereocenters. The van der Waals surface area contributed by atoms with Crippen LogP contribution in [0.4, 0.5) is 0 Å². The first-order chi connectivity index (χ1) is 17.1. The van der Waals surface area contributed by atoms with E-state index in [-0.39, 0.29) is 45.5 Å². The van der Waals surface area contributed by atoms with Crippen LogP contribution in [0.5, 0.6) is 34.5 Å². The Labute approximate surface area is 201 Å². The molecule has 0 spiro atoms. The smallest absolute Gasteiger partial charge is 0.347 e. The first-order valence-electron chi connectivity index (χ1n) is 10.3. The number of phenols is 4. The molecule has 4 rings (SSSR count). The van der Waals surface area contributed by atoms with Gasteiger partial charge in [-0.2, -0.15) is 0 Å². The normalized spacial score (nSPS) is 11.4. The van der Waals surface area contributed by atoms with Crippen molar-refractivity contribution in [3.05, 3.63) is 92.0 Å². The van der Waals surface area contributed by atoms with E-state index in [0.717, 1.165) is 24.3 Å². The van der Waals surface area contributed by atoms with Gasteiger partial charge < -0.3 is 39.5 Å². The van der Waals surface area contributed by atoms with E-state index >= 15 is 0 Å². The lowest BCUT2D eigenvalue weighted by atomic mass is 9.98. The Morgan fingerprint density at radius 1 is 0.583 bits per heavy atom. The Bertz CT molecular complexity index is 1640. The molecule has 0 atom stereocenters. The summed E-state index contributed by atoms with van der Waals surface area (Å²) >= 11 is 0. The van der Waals surface area contributed by atoms with Crippen molar-refractivity contribution in [1.29, 1.82) is 0 Å². The molecular weight excluding hydrogens is 472 g/mol. The predicted octanol–water partition coefficient (Wildman–Crippen LogP) is 3.83. The van der Waals surface area contributed by atoms with Gasteiger partial charge in [-0.1, -0.05) is 18.2 Å². The summed E-state index contributed by atoms with van der Waals surface area (Å²) in [6.45, 7) is 0. The molecule has 0 saturated carbocycles. The second-order valence-corrected chi connectivity index (χ2v) is 7.58. The van der Waals surface area contributed by atoms with Gasteiger partial charge in [-0.25, -0.2) is 9.59 Å². The number of rotatable bonds is 5.